The number of hydrogen-bond acceptors (Lipinski definition) is 2. The Balaban J connectivity index is 2.49. The fourth-order valence-electron chi connectivity index (χ4n) is 2.32. The second-order valence-corrected chi connectivity index (χ2v) is 4.53. The molecule has 1 aliphatic rings. The van der Waals surface area contributed by atoms with E-state index in [-0.39, 0.29) is 5.56 Å². The molecule has 0 spiro atoms. The highest BCUT2D eigenvalue weighted by Gasteiger charge is 2.19. The van der Waals surface area contributed by atoms with E-state index in [2.05, 4.69) is 11.8 Å². The second kappa shape index (κ2) is 4.60. The number of alkyl halides is 1. The van der Waals surface area contributed by atoms with Gasteiger partial charge in [-0.15, -0.1) is 11.6 Å². The third-order valence-corrected chi connectivity index (χ3v) is 3.64. The van der Waals surface area contributed by atoms with Gasteiger partial charge in [0.2, 0.25) is 0 Å². The molecule has 0 atom stereocenters. The highest BCUT2D eigenvalue weighted by Crippen LogP contribution is 2.18. The van der Waals surface area contributed by atoms with E-state index in [1.54, 1.807) is 4.57 Å². The molecule has 0 unspecified atom stereocenters. The Bertz CT molecular complexity index is 453. The molecule has 4 heteroatoms. The first-order chi connectivity index (χ1) is 7.67. The van der Waals surface area contributed by atoms with Gasteiger partial charge in [0.1, 0.15) is 0 Å². The number of hydrogen-bond donors (Lipinski definition) is 0. The normalized spacial score (nSPS) is 16.2. The number of halogens is 1. The van der Waals surface area contributed by atoms with Crippen LogP contribution < -0.4 is 5.56 Å². The highest BCUT2D eigenvalue weighted by molar-refractivity contribution is 6.17. The van der Waals surface area contributed by atoms with Crippen molar-refractivity contribution in [2.75, 3.05) is 13.1 Å². The summed E-state index contributed by atoms with van der Waals surface area (Å²) < 4.78 is 1.76. The van der Waals surface area contributed by atoms with Crippen LogP contribution >= 0.6 is 11.6 Å². The molecule has 1 aromatic heterocycles. The van der Waals surface area contributed by atoms with Crippen molar-refractivity contribution in [2.45, 2.75) is 25.8 Å². The van der Waals surface area contributed by atoms with Crippen LogP contribution in [0.25, 0.3) is 0 Å². The summed E-state index contributed by atoms with van der Waals surface area (Å²) >= 11 is 5.79. The summed E-state index contributed by atoms with van der Waals surface area (Å²) in [6.07, 6.45) is 0.956. The zero-order valence-corrected chi connectivity index (χ0v) is 10.5. The van der Waals surface area contributed by atoms with Crippen molar-refractivity contribution in [1.82, 2.24) is 9.47 Å². The minimum Gasteiger partial charge on any atom is -0.315 e. The van der Waals surface area contributed by atoms with E-state index in [1.807, 2.05) is 13.1 Å². The van der Waals surface area contributed by atoms with Crippen molar-refractivity contribution in [3.05, 3.63) is 33.2 Å². The molecule has 1 aliphatic heterocycles. The highest BCUT2D eigenvalue weighted by atomic mass is 35.5. The van der Waals surface area contributed by atoms with Crippen LogP contribution in [0.2, 0.25) is 0 Å². The maximum absolute atomic E-state index is 11.9. The lowest BCUT2D eigenvalue weighted by Gasteiger charge is -2.29. The van der Waals surface area contributed by atoms with Gasteiger partial charge in [0.15, 0.2) is 0 Å². The number of rotatable bonds is 2. The first kappa shape index (κ1) is 11.7. The summed E-state index contributed by atoms with van der Waals surface area (Å²) in [4.78, 5) is 14.3. The van der Waals surface area contributed by atoms with Gasteiger partial charge in [0, 0.05) is 37.8 Å². The number of aromatic nitrogens is 1. The molecule has 0 fully saturated rings. The molecule has 16 heavy (non-hydrogen) atoms. The molecule has 0 radical (unpaired) electrons. The Morgan fingerprint density at radius 1 is 1.50 bits per heavy atom. The smallest absolute Gasteiger partial charge is 0.254 e. The van der Waals surface area contributed by atoms with Gasteiger partial charge in [0.25, 0.3) is 5.56 Å². The number of fused-ring (bicyclic) bond motifs is 1. The Hall–Kier alpha value is -0.800. The van der Waals surface area contributed by atoms with Crippen LogP contribution in [0.1, 0.15) is 23.7 Å². The Kier molecular flexibility index (Phi) is 3.36. The molecule has 1 aromatic rings. The van der Waals surface area contributed by atoms with Crippen LogP contribution in [0, 0.1) is 0 Å². The zero-order valence-electron chi connectivity index (χ0n) is 9.79. The summed E-state index contributed by atoms with van der Waals surface area (Å²) in [6, 6.07) is 1.98. The molecule has 3 nitrogen and oxygen atoms in total. The van der Waals surface area contributed by atoms with Crippen LogP contribution in [-0.2, 0) is 25.9 Å². The summed E-state index contributed by atoms with van der Waals surface area (Å²) in [5.41, 5.74) is 3.19. The first-order valence-corrected chi connectivity index (χ1v) is 6.19. The van der Waals surface area contributed by atoms with E-state index in [4.69, 9.17) is 11.6 Å². The van der Waals surface area contributed by atoms with Crippen LogP contribution in [0.15, 0.2) is 10.9 Å². The van der Waals surface area contributed by atoms with Gasteiger partial charge in [-0.25, -0.2) is 0 Å². The lowest BCUT2D eigenvalue weighted by atomic mass is 10.0. The fourth-order valence-corrected chi connectivity index (χ4v) is 2.52. The molecule has 88 valence electrons. The second-order valence-electron chi connectivity index (χ2n) is 4.26. The van der Waals surface area contributed by atoms with E-state index in [1.165, 1.54) is 11.3 Å². The van der Waals surface area contributed by atoms with Gasteiger partial charge < -0.3 is 4.57 Å². The molecule has 0 saturated carbocycles. The van der Waals surface area contributed by atoms with Gasteiger partial charge >= 0.3 is 0 Å². The van der Waals surface area contributed by atoms with Crippen molar-refractivity contribution < 1.29 is 0 Å². The fraction of sp³-hybridized carbons (Fsp3) is 0.583. The van der Waals surface area contributed by atoms with E-state index in [0.29, 0.717) is 11.4 Å². The molecule has 0 N–H and O–H groups in total. The monoisotopic (exact) mass is 240 g/mol. The minimum atomic E-state index is 0.0544. The third kappa shape index (κ3) is 1.89. The first-order valence-electron chi connectivity index (χ1n) is 5.66. The largest absolute Gasteiger partial charge is 0.315 e. The van der Waals surface area contributed by atoms with E-state index in [9.17, 15) is 4.79 Å². The molecular formula is C12H17ClN2O. The standard InChI is InChI=1S/C12H17ClN2O/c1-3-15-5-4-11-10(8-15)6-9(7-13)12(16)14(11)2/h6H,3-5,7-8H2,1-2H3. The summed E-state index contributed by atoms with van der Waals surface area (Å²) in [5.74, 6) is 0.298. The van der Waals surface area contributed by atoms with E-state index < -0.39 is 0 Å². The molecule has 0 saturated heterocycles. The number of pyridine rings is 1. The van der Waals surface area contributed by atoms with Gasteiger partial charge in [-0.1, -0.05) is 6.92 Å². The van der Waals surface area contributed by atoms with Crippen LogP contribution in [0.4, 0.5) is 0 Å². The molecule has 0 amide bonds. The maximum atomic E-state index is 11.9. The lowest BCUT2D eigenvalue weighted by Crippen LogP contribution is -2.35. The topological polar surface area (TPSA) is 25.2 Å². The molecule has 2 heterocycles. The van der Waals surface area contributed by atoms with Gasteiger partial charge in [-0.2, -0.15) is 0 Å². The average molecular weight is 241 g/mol. The van der Waals surface area contributed by atoms with Crippen molar-refractivity contribution in [3.63, 3.8) is 0 Å². The Morgan fingerprint density at radius 2 is 2.25 bits per heavy atom. The lowest BCUT2D eigenvalue weighted by molar-refractivity contribution is 0.262. The molecular weight excluding hydrogens is 224 g/mol. The number of likely N-dealkylation sites (N-methyl/N-ethyl adjacent to an activating group) is 1. The predicted molar refractivity (Wildman–Crippen MR) is 65.9 cm³/mol. The minimum absolute atomic E-state index is 0.0544. The average Bonchev–Trinajstić information content (AvgIpc) is 2.33. The molecule has 0 aliphatic carbocycles. The van der Waals surface area contributed by atoms with Crippen molar-refractivity contribution >= 4 is 11.6 Å². The van der Waals surface area contributed by atoms with Crippen LogP contribution in [0.3, 0.4) is 0 Å². The molecule has 0 bridgehead atoms. The Labute approximate surface area is 101 Å². The maximum Gasteiger partial charge on any atom is 0.254 e. The SMILES string of the molecule is CCN1CCc2c(cc(CCl)c(=O)n2C)C1. The molecule has 0 aromatic carbocycles. The molecule has 2 rings (SSSR count). The van der Waals surface area contributed by atoms with Crippen molar-refractivity contribution in [2.24, 2.45) is 7.05 Å². The third-order valence-electron chi connectivity index (χ3n) is 3.35. The van der Waals surface area contributed by atoms with Crippen LogP contribution in [0.5, 0.6) is 0 Å². The summed E-state index contributed by atoms with van der Waals surface area (Å²) in [6.45, 7) is 5.19. The van der Waals surface area contributed by atoms with Crippen LogP contribution in [-0.4, -0.2) is 22.6 Å². The Morgan fingerprint density at radius 3 is 2.88 bits per heavy atom. The van der Waals surface area contributed by atoms with E-state index in [0.717, 1.165) is 26.1 Å². The van der Waals surface area contributed by atoms with Gasteiger partial charge in [-0.3, -0.25) is 9.69 Å². The zero-order chi connectivity index (χ0) is 11.7. The predicted octanol–water partition coefficient (Wildman–Crippen LogP) is 1.50. The number of nitrogens with zero attached hydrogens (tertiary/aromatic N) is 2. The quantitative estimate of drug-likeness (QED) is 0.733. The van der Waals surface area contributed by atoms with E-state index >= 15 is 0 Å². The van der Waals surface area contributed by atoms with Gasteiger partial charge in [0.05, 0.1) is 5.88 Å². The summed E-state index contributed by atoms with van der Waals surface area (Å²) in [7, 11) is 1.85. The van der Waals surface area contributed by atoms with Gasteiger partial charge in [-0.05, 0) is 18.2 Å². The summed E-state index contributed by atoms with van der Waals surface area (Å²) in [5, 5.41) is 0. The van der Waals surface area contributed by atoms with Crippen molar-refractivity contribution in [1.29, 1.82) is 0 Å². The van der Waals surface area contributed by atoms with Crippen molar-refractivity contribution in [3.8, 4) is 0 Å².